The minimum atomic E-state index is -0.734. The van der Waals surface area contributed by atoms with Crippen LogP contribution in [0.4, 0.5) is 10.1 Å². The van der Waals surface area contributed by atoms with Crippen molar-refractivity contribution in [3.8, 4) is 0 Å². The monoisotopic (exact) mass is 263 g/mol. The number of anilines is 1. The summed E-state index contributed by atoms with van der Waals surface area (Å²) in [6.45, 7) is 0. The molecule has 0 saturated heterocycles. The number of nitrogens with zero attached hydrogens (tertiary/aromatic N) is 1. The van der Waals surface area contributed by atoms with Gasteiger partial charge in [-0.05, 0) is 18.2 Å². The fourth-order valence-electron chi connectivity index (χ4n) is 1.47. The van der Waals surface area contributed by atoms with Crippen LogP contribution in [0.2, 0.25) is 0 Å². The molecule has 2 N–H and O–H groups in total. The van der Waals surface area contributed by atoms with Crippen molar-refractivity contribution < 1.29 is 18.7 Å². The molecule has 0 aliphatic heterocycles. The van der Waals surface area contributed by atoms with Crippen molar-refractivity contribution >= 4 is 17.6 Å². The van der Waals surface area contributed by atoms with Gasteiger partial charge in [-0.15, -0.1) is 0 Å². The molecule has 1 aromatic heterocycles. The number of hydrogen-bond donors (Lipinski definition) is 2. The van der Waals surface area contributed by atoms with Gasteiger partial charge in [-0.2, -0.15) is 5.10 Å². The topological polar surface area (TPSA) is 84.1 Å². The highest BCUT2D eigenvalue weighted by Gasteiger charge is 2.16. The molecule has 1 amide bonds. The number of amides is 1. The summed E-state index contributed by atoms with van der Waals surface area (Å²) >= 11 is 0. The number of benzene rings is 1. The second kappa shape index (κ2) is 5.30. The Labute approximate surface area is 107 Å². The summed E-state index contributed by atoms with van der Waals surface area (Å²) in [7, 11) is 1.18. The van der Waals surface area contributed by atoms with E-state index >= 15 is 0 Å². The first-order chi connectivity index (χ1) is 9.11. The third-order valence-electron chi connectivity index (χ3n) is 2.40. The number of aromatic amines is 1. The molecule has 2 rings (SSSR count). The maximum absolute atomic E-state index is 13.1. The average molecular weight is 263 g/mol. The van der Waals surface area contributed by atoms with Gasteiger partial charge in [-0.1, -0.05) is 0 Å². The normalized spacial score (nSPS) is 10.0. The highest BCUT2D eigenvalue weighted by Crippen LogP contribution is 2.18. The predicted octanol–water partition coefficient (Wildman–Crippen LogP) is 1.59. The number of methoxy groups -OCH3 is 1. The summed E-state index contributed by atoms with van der Waals surface area (Å²) in [6.07, 6.45) is 2.73. The summed E-state index contributed by atoms with van der Waals surface area (Å²) in [4.78, 5) is 23.3. The number of esters is 1. The first-order valence-electron chi connectivity index (χ1n) is 5.30. The highest BCUT2D eigenvalue weighted by atomic mass is 19.1. The van der Waals surface area contributed by atoms with Gasteiger partial charge in [0, 0.05) is 6.20 Å². The number of ether oxygens (including phenoxy) is 1. The molecule has 0 fully saturated rings. The fraction of sp³-hybridized carbons (Fsp3) is 0.0833. The molecule has 0 aliphatic carbocycles. The second-order valence-corrected chi connectivity index (χ2v) is 3.62. The van der Waals surface area contributed by atoms with Crippen molar-refractivity contribution in [3.05, 3.63) is 47.5 Å². The number of nitrogens with one attached hydrogen (secondary N) is 2. The number of carbonyl (C=O) groups excluding carboxylic acids is 2. The van der Waals surface area contributed by atoms with Crippen LogP contribution in [-0.4, -0.2) is 29.2 Å². The van der Waals surface area contributed by atoms with E-state index < -0.39 is 17.7 Å². The van der Waals surface area contributed by atoms with E-state index in [-0.39, 0.29) is 11.3 Å². The van der Waals surface area contributed by atoms with Crippen molar-refractivity contribution in [3.63, 3.8) is 0 Å². The van der Waals surface area contributed by atoms with Crippen LogP contribution < -0.4 is 5.32 Å². The Morgan fingerprint density at radius 3 is 2.84 bits per heavy atom. The Hall–Kier alpha value is -2.70. The van der Waals surface area contributed by atoms with Crippen molar-refractivity contribution in [2.75, 3.05) is 12.4 Å². The second-order valence-electron chi connectivity index (χ2n) is 3.62. The van der Waals surface area contributed by atoms with Crippen molar-refractivity contribution in [2.24, 2.45) is 0 Å². The smallest absolute Gasteiger partial charge is 0.340 e. The van der Waals surface area contributed by atoms with E-state index in [1.807, 2.05) is 0 Å². The molecule has 0 bridgehead atoms. The summed E-state index contributed by atoms with van der Waals surface area (Å²) < 4.78 is 17.6. The van der Waals surface area contributed by atoms with Gasteiger partial charge >= 0.3 is 5.97 Å². The van der Waals surface area contributed by atoms with Crippen LogP contribution in [0.5, 0.6) is 0 Å². The third-order valence-corrected chi connectivity index (χ3v) is 2.40. The van der Waals surface area contributed by atoms with Gasteiger partial charge in [0.1, 0.15) is 5.82 Å². The lowest BCUT2D eigenvalue weighted by atomic mass is 10.1. The summed E-state index contributed by atoms with van der Waals surface area (Å²) in [6, 6.07) is 3.42. The SMILES string of the molecule is COC(=O)c1cc(F)ccc1NC(=O)c1cn[nH]c1. The fourth-order valence-corrected chi connectivity index (χ4v) is 1.47. The van der Waals surface area contributed by atoms with Crippen LogP contribution in [0.3, 0.4) is 0 Å². The lowest BCUT2D eigenvalue weighted by molar-refractivity contribution is 0.0601. The Morgan fingerprint density at radius 1 is 1.42 bits per heavy atom. The third kappa shape index (κ3) is 2.76. The Balaban J connectivity index is 2.29. The van der Waals surface area contributed by atoms with Gasteiger partial charge in [-0.25, -0.2) is 9.18 Å². The van der Waals surface area contributed by atoms with Gasteiger partial charge in [0.2, 0.25) is 0 Å². The van der Waals surface area contributed by atoms with E-state index in [4.69, 9.17) is 0 Å². The standard InChI is InChI=1S/C12H10FN3O3/c1-19-12(18)9-4-8(13)2-3-10(9)16-11(17)7-5-14-15-6-7/h2-6H,1H3,(H,14,15)(H,16,17). The zero-order valence-electron chi connectivity index (χ0n) is 9.94. The molecule has 0 saturated carbocycles. The number of carbonyl (C=O) groups is 2. The van der Waals surface area contributed by atoms with E-state index in [2.05, 4.69) is 20.3 Å². The number of halogens is 1. The molecule has 0 radical (unpaired) electrons. The molecule has 19 heavy (non-hydrogen) atoms. The minimum Gasteiger partial charge on any atom is -0.465 e. The van der Waals surface area contributed by atoms with Crippen LogP contribution in [0.15, 0.2) is 30.6 Å². The lowest BCUT2D eigenvalue weighted by Gasteiger charge is -2.09. The van der Waals surface area contributed by atoms with Crippen LogP contribution in [-0.2, 0) is 4.74 Å². The number of H-pyrrole nitrogens is 1. The van der Waals surface area contributed by atoms with E-state index in [9.17, 15) is 14.0 Å². The molecule has 0 aliphatic rings. The molecular weight excluding hydrogens is 253 g/mol. The molecule has 2 aromatic rings. The van der Waals surface area contributed by atoms with Crippen LogP contribution in [0.25, 0.3) is 0 Å². The molecule has 7 heteroatoms. The van der Waals surface area contributed by atoms with E-state index in [1.165, 1.54) is 25.6 Å². The van der Waals surface area contributed by atoms with Crippen LogP contribution in [0, 0.1) is 5.82 Å². The molecular formula is C12H10FN3O3. The van der Waals surface area contributed by atoms with Gasteiger partial charge in [0.05, 0.1) is 30.1 Å². The molecule has 0 spiro atoms. The molecule has 0 atom stereocenters. The number of rotatable bonds is 3. The molecule has 0 unspecified atom stereocenters. The first kappa shape index (κ1) is 12.7. The zero-order valence-corrected chi connectivity index (χ0v) is 9.94. The number of aromatic nitrogens is 2. The average Bonchev–Trinajstić information content (AvgIpc) is 2.94. The summed E-state index contributed by atoms with van der Waals surface area (Å²) in [5, 5.41) is 8.62. The van der Waals surface area contributed by atoms with E-state index in [0.29, 0.717) is 5.56 Å². The van der Waals surface area contributed by atoms with Gasteiger partial charge in [0.15, 0.2) is 0 Å². The lowest BCUT2D eigenvalue weighted by Crippen LogP contribution is -2.15. The minimum absolute atomic E-state index is 0.0562. The largest absolute Gasteiger partial charge is 0.465 e. The van der Waals surface area contributed by atoms with Gasteiger partial charge in [0.25, 0.3) is 5.91 Å². The summed E-state index contributed by atoms with van der Waals surface area (Å²) in [5.74, 6) is -1.80. The molecule has 6 nitrogen and oxygen atoms in total. The van der Waals surface area contributed by atoms with Gasteiger partial charge in [-0.3, -0.25) is 9.89 Å². The zero-order chi connectivity index (χ0) is 13.8. The maximum atomic E-state index is 13.1. The first-order valence-corrected chi connectivity index (χ1v) is 5.30. The maximum Gasteiger partial charge on any atom is 0.340 e. The predicted molar refractivity (Wildman–Crippen MR) is 64.3 cm³/mol. The van der Waals surface area contributed by atoms with Crippen LogP contribution in [0.1, 0.15) is 20.7 Å². The highest BCUT2D eigenvalue weighted by molar-refractivity contribution is 6.07. The van der Waals surface area contributed by atoms with Crippen molar-refractivity contribution in [1.82, 2.24) is 10.2 Å². The van der Waals surface area contributed by atoms with Gasteiger partial charge < -0.3 is 10.1 Å². The molecule has 98 valence electrons. The van der Waals surface area contributed by atoms with E-state index in [1.54, 1.807) is 0 Å². The van der Waals surface area contributed by atoms with E-state index in [0.717, 1.165) is 12.1 Å². The summed E-state index contributed by atoms with van der Waals surface area (Å²) in [5.41, 5.74) is 0.402. The van der Waals surface area contributed by atoms with Crippen molar-refractivity contribution in [2.45, 2.75) is 0 Å². The Morgan fingerprint density at radius 2 is 2.21 bits per heavy atom. The van der Waals surface area contributed by atoms with Crippen molar-refractivity contribution in [1.29, 1.82) is 0 Å². The Bertz CT molecular complexity index is 611. The number of hydrogen-bond acceptors (Lipinski definition) is 4. The quantitative estimate of drug-likeness (QED) is 0.823. The Kier molecular flexibility index (Phi) is 3.56. The molecule has 1 aromatic carbocycles. The van der Waals surface area contributed by atoms with Crippen LogP contribution >= 0.6 is 0 Å². The molecule has 1 heterocycles.